The zero-order chi connectivity index (χ0) is 9.80. The standard InChI is InChI=1S/C8H12N4OS/c13-8(7-4-14-5-10-7)9-3-6-1-2-11-12-6/h1-2,7,10H,3-5H2,(H,9,13)(H,11,12)/t7-/m1/s1. The molecule has 0 spiro atoms. The number of aromatic amines is 1. The van der Waals surface area contributed by atoms with Crippen LogP contribution in [0.1, 0.15) is 5.69 Å². The SMILES string of the molecule is O=C(NCc1ccn[nH]1)[C@H]1CSCN1. The fourth-order valence-corrected chi connectivity index (χ4v) is 2.19. The molecular weight excluding hydrogens is 200 g/mol. The van der Waals surface area contributed by atoms with E-state index in [4.69, 9.17) is 0 Å². The van der Waals surface area contributed by atoms with Gasteiger partial charge in [-0.25, -0.2) is 0 Å². The van der Waals surface area contributed by atoms with Gasteiger partial charge in [0, 0.05) is 17.8 Å². The Labute approximate surface area is 86.0 Å². The molecule has 1 saturated heterocycles. The molecule has 0 aromatic carbocycles. The van der Waals surface area contributed by atoms with Gasteiger partial charge in [-0.2, -0.15) is 5.10 Å². The van der Waals surface area contributed by atoms with Gasteiger partial charge in [0.1, 0.15) is 0 Å². The van der Waals surface area contributed by atoms with Crippen LogP contribution in [-0.2, 0) is 11.3 Å². The average molecular weight is 212 g/mol. The normalized spacial score (nSPS) is 21.0. The molecular formula is C8H12N4OS. The van der Waals surface area contributed by atoms with Gasteiger partial charge in [0.15, 0.2) is 0 Å². The molecule has 0 unspecified atom stereocenters. The largest absolute Gasteiger partial charge is 0.349 e. The molecule has 1 amide bonds. The summed E-state index contributed by atoms with van der Waals surface area (Å²) >= 11 is 1.74. The maximum atomic E-state index is 11.5. The highest BCUT2D eigenvalue weighted by atomic mass is 32.2. The number of carbonyl (C=O) groups is 1. The van der Waals surface area contributed by atoms with Crippen LogP contribution >= 0.6 is 11.8 Å². The second kappa shape index (κ2) is 4.47. The summed E-state index contributed by atoms with van der Waals surface area (Å²) in [4.78, 5) is 11.5. The second-order valence-electron chi connectivity index (χ2n) is 3.07. The molecule has 2 heterocycles. The van der Waals surface area contributed by atoms with Gasteiger partial charge in [-0.15, -0.1) is 11.8 Å². The van der Waals surface area contributed by atoms with Gasteiger partial charge >= 0.3 is 0 Å². The first-order valence-corrected chi connectivity index (χ1v) is 5.59. The van der Waals surface area contributed by atoms with Gasteiger partial charge in [0.05, 0.1) is 18.3 Å². The van der Waals surface area contributed by atoms with Crippen LogP contribution in [0.4, 0.5) is 0 Å². The highest BCUT2D eigenvalue weighted by molar-refractivity contribution is 7.99. The molecule has 1 fully saturated rings. The second-order valence-corrected chi connectivity index (χ2v) is 4.10. The topological polar surface area (TPSA) is 69.8 Å². The van der Waals surface area contributed by atoms with Crippen LogP contribution in [0, 0.1) is 0 Å². The van der Waals surface area contributed by atoms with E-state index in [0.29, 0.717) is 6.54 Å². The van der Waals surface area contributed by atoms with Crippen LogP contribution in [0.25, 0.3) is 0 Å². The third-order valence-corrected chi connectivity index (χ3v) is 2.98. The maximum Gasteiger partial charge on any atom is 0.238 e. The van der Waals surface area contributed by atoms with E-state index in [9.17, 15) is 4.79 Å². The predicted molar refractivity (Wildman–Crippen MR) is 54.7 cm³/mol. The lowest BCUT2D eigenvalue weighted by Crippen LogP contribution is -2.41. The minimum Gasteiger partial charge on any atom is -0.349 e. The molecule has 3 N–H and O–H groups in total. The molecule has 6 heteroatoms. The van der Waals surface area contributed by atoms with Gasteiger partial charge in [-0.05, 0) is 6.07 Å². The van der Waals surface area contributed by atoms with Crippen LogP contribution in [0.3, 0.4) is 0 Å². The molecule has 1 aromatic rings. The molecule has 1 aliphatic heterocycles. The van der Waals surface area contributed by atoms with Crippen molar-refractivity contribution < 1.29 is 4.79 Å². The van der Waals surface area contributed by atoms with E-state index in [2.05, 4.69) is 20.8 Å². The molecule has 1 aliphatic rings. The van der Waals surface area contributed by atoms with E-state index in [1.165, 1.54) is 0 Å². The maximum absolute atomic E-state index is 11.5. The highest BCUT2D eigenvalue weighted by Crippen LogP contribution is 2.09. The lowest BCUT2D eigenvalue weighted by atomic mass is 10.3. The van der Waals surface area contributed by atoms with Crippen molar-refractivity contribution in [2.45, 2.75) is 12.6 Å². The number of H-pyrrole nitrogens is 1. The number of thioether (sulfide) groups is 1. The fraction of sp³-hybridized carbons (Fsp3) is 0.500. The molecule has 1 aromatic heterocycles. The first-order chi connectivity index (χ1) is 6.86. The smallest absolute Gasteiger partial charge is 0.238 e. The van der Waals surface area contributed by atoms with Gasteiger partial charge in [0.25, 0.3) is 0 Å². The van der Waals surface area contributed by atoms with Crippen LogP contribution in [-0.4, -0.2) is 33.8 Å². The van der Waals surface area contributed by atoms with Gasteiger partial charge < -0.3 is 5.32 Å². The van der Waals surface area contributed by atoms with Crippen molar-refractivity contribution in [2.24, 2.45) is 0 Å². The van der Waals surface area contributed by atoms with Crippen molar-refractivity contribution in [3.05, 3.63) is 18.0 Å². The molecule has 0 aliphatic carbocycles. The van der Waals surface area contributed by atoms with Crippen molar-refractivity contribution in [1.82, 2.24) is 20.8 Å². The molecule has 0 bridgehead atoms. The Hall–Kier alpha value is -1.01. The van der Waals surface area contributed by atoms with E-state index >= 15 is 0 Å². The molecule has 5 nitrogen and oxygen atoms in total. The summed E-state index contributed by atoms with van der Waals surface area (Å²) in [6.45, 7) is 0.516. The molecule has 14 heavy (non-hydrogen) atoms. The molecule has 0 radical (unpaired) electrons. The van der Waals surface area contributed by atoms with E-state index < -0.39 is 0 Å². The highest BCUT2D eigenvalue weighted by Gasteiger charge is 2.21. The summed E-state index contributed by atoms with van der Waals surface area (Å²) in [6, 6.07) is 1.81. The fourth-order valence-electron chi connectivity index (χ4n) is 1.25. The van der Waals surface area contributed by atoms with Crippen molar-refractivity contribution in [2.75, 3.05) is 11.6 Å². The summed E-state index contributed by atoms with van der Waals surface area (Å²) < 4.78 is 0. The zero-order valence-electron chi connectivity index (χ0n) is 7.62. The monoisotopic (exact) mass is 212 g/mol. The first-order valence-electron chi connectivity index (χ1n) is 4.43. The molecule has 76 valence electrons. The Morgan fingerprint density at radius 1 is 1.79 bits per heavy atom. The Morgan fingerprint density at radius 2 is 2.71 bits per heavy atom. The van der Waals surface area contributed by atoms with E-state index in [1.54, 1.807) is 18.0 Å². The van der Waals surface area contributed by atoms with Crippen LogP contribution in [0.5, 0.6) is 0 Å². The third kappa shape index (κ3) is 2.27. The summed E-state index contributed by atoms with van der Waals surface area (Å²) in [5.74, 6) is 1.78. The molecule has 0 saturated carbocycles. The van der Waals surface area contributed by atoms with Crippen LogP contribution in [0.2, 0.25) is 0 Å². The number of hydrogen-bond acceptors (Lipinski definition) is 4. The lowest BCUT2D eigenvalue weighted by molar-refractivity contribution is -0.122. The third-order valence-electron chi connectivity index (χ3n) is 2.04. The van der Waals surface area contributed by atoms with Crippen molar-refractivity contribution in [1.29, 1.82) is 0 Å². The number of rotatable bonds is 3. The minimum atomic E-state index is -0.0390. The summed E-state index contributed by atoms with van der Waals surface area (Å²) in [5.41, 5.74) is 0.920. The predicted octanol–water partition coefficient (Wildman–Crippen LogP) is -0.312. The number of amides is 1. The summed E-state index contributed by atoms with van der Waals surface area (Å²) in [7, 11) is 0. The Morgan fingerprint density at radius 3 is 3.36 bits per heavy atom. The lowest BCUT2D eigenvalue weighted by Gasteiger charge is -2.08. The number of carbonyl (C=O) groups excluding carboxylic acids is 1. The van der Waals surface area contributed by atoms with Crippen molar-refractivity contribution in [3.63, 3.8) is 0 Å². The van der Waals surface area contributed by atoms with E-state index in [-0.39, 0.29) is 11.9 Å². The quantitative estimate of drug-likeness (QED) is 0.643. The number of aromatic nitrogens is 2. The van der Waals surface area contributed by atoms with Crippen LogP contribution in [0.15, 0.2) is 12.3 Å². The van der Waals surface area contributed by atoms with Crippen molar-refractivity contribution in [3.8, 4) is 0 Å². The number of hydrogen-bond donors (Lipinski definition) is 3. The van der Waals surface area contributed by atoms with Crippen molar-refractivity contribution >= 4 is 17.7 Å². The average Bonchev–Trinajstić information content (AvgIpc) is 2.87. The van der Waals surface area contributed by atoms with Crippen LogP contribution < -0.4 is 10.6 Å². The Bertz CT molecular complexity index is 294. The van der Waals surface area contributed by atoms with Gasteiger partial charge in [0.2, 0.25) is 5.91 Å². The van der Waals surface area contributed by atoms with E-state index in [1.807, 2.05) is 6.07 Å². The molecule has 1 atom stereocenters. The summed E-state index contributed by atoms with van der Waals surface area (Å²) in [5, 5.41) is 12.5. The minimum absolute atomic E-state index is 0.0390. The Kier molecular flexibility index (Phi) is 3.05. The Balaban J connectivity index is 1.77. The number of nitrogens with zero attached hydrogens (tertiary/aromatic N) is 1. The zero-order valence-corrected chi connectivity index (χ0v) is 8.43. The van der Waals surface area contributed by atoms with E-state index in [0.717, 1.165) is 17.3 Å². The van der Waals surface area contributed by atoms with Gasteiger partial charge in [-0.3, -0.25) is 15.2 Å². The molecule has 2 rings (SSSR count). The first kappa shape index (κ1) is 9.54. The van der Waals surface area contributed by atoms with Gasteiger partial charge in [-0.1, -0.05) is 0 Å². The number of nitrogens with one attached hydrogen (secondary N) is 3. The summed E-state index contributed by atoms with van der Waals surface area (Å²) in [6.07, 6.45) is 1.67.